The molecule has 0 aliphatic carbocycles. The molecule has 0 fully saturated rings. The zero-order chi connectivity index (χ0) is 38.4. The Morgan fingerprint density at radius 3 is 2.20 bits per heavy atom. The van der Waals surface area contributed by atoms with E-state index in [1.54, 1.807) is 0 Å². The van der Waals surface area contributed by atoms with Crippen LogP contribution in [0.5, 0.6) is 0 Å². The molecule has 0 unspecified atom stereocenters. The number of benzene rings is 5. The summed E-state index contributed by atoms with van der Waals surface area (Å²) in [7, 11) is -1.38. The summed E-state index contributed by atoms with van der Waals surface area (Å²) in [6.45, 7) is 22.9. The van der Waals surface area contributed by atoms with Crippen LogP contribution in [0.15, 0.2) is 120 Å². The SMILES string of the molecule is CC(C)(C)c1ccccc1-n1c(-c2[c-]ccc3c2oc2ccccc23)nc2ccccc21.Cc1c[c-]c(-c2cc(CC(C)(C)C)c([Si](C)(C)C)cn2)cc1.[Ir]. The van der Waals surface area contributed by atoms with Crippen molar-refractivity contribution in [1.82, 2.24) is 14.5 Å². The average Bonchev–Trinajstić information content (AvgIpc) is 3.70. The van der Waals surface area contributed by atoms with E-state index in [9.17, 15) is 0 Å². The molecular weight excluding hydrogens is 867 g/mol. The predicted octanol–water partition coefficient (Wildman–Crippen LogP) is 12.7. The second-order valence-electron chi connectivity index (χ2n) is 17.7. The van der Waals surface area contributed by atoms with Crippen molar-refractivity contribution < 1.29 is 24.5 Å². The first-order valence-corrected chi connectivity index (χ1v) is 22.5. The van der Waals surface area contributed by atoms with E-state index in [2.05, 4.69) is 164 Å². The van der Waals surface area contributed by atoms with Gasteiger partial charge in [0.2, 0.25) is 0 Å². The van der Waals surface area contributed by atoms with Crippen LogP contribution < -0.4 is 5.19 Å². The molecule has 0 spiro atoms. The smallest absolute Gasteiger partial charge is 0.120 e. The third-order valence-corrected chi connectivity index (χ3v) is 11.9. The number of rotatable bonds is 5. The van der Waals surface area contributed by atoms with Gasteiger partial charge in [-0.3, -0.25) is 4.98 Å². The molecule has 5 aromatic carbocycles. The van der Waals surface area contributed by atoms with Gasteiger partial charge in [0, 0.05) is 37.4 Å². The van der Waals surface area contributed by atoms with Gasteiger partial charge in [0.15, 0.2) is 0 Å². The van der Waals surface area contributed by atoms with E-state index in [-0.39, 0.29) is 30.9 Å². The third-order valence-electron chi connectivity index (χ3n) is 9.84. The number of imidazole rings is 1. The Kier molecular flexibility index (Phi) is 11.3. The molecule has 6 heteroatoms. The van der Waals surface area contributed by atoms with Crippen LogP contribution in [0, 0.1) is 24.5 Å². The number of hydrogen-bond acceptors (Lipinski definition) is 3. The number of hydrogen-bond donors (Lipinski definition) is 0. The molecule has 0 amide bonds. The number of aryl methyl sites for hydroxylation is 1. The summed E-state index contributed by atoms with van der Waals surface area (Å²) in [4.78, 5) is 9.81. The molecule has 0 bridgehead atoms. The number of pyridine rings is 1. The van der Waals surface area contributed by atoms with Crippen LogP contribution in [0.3, 0.4) is 0 Å². The van der Waals surface area contributed by atoms with Gasteiger partial charge in [0.25, 0.3) is 0 Å². The molecule has 3 heterocycles. The number of nitrogens with zero attached hydrogens (tertiary/aromatic N) is 3. The Balaban J connectivity index is 0.000000198. The first-order valence-electron chi connectivity index (χ1n) is 19.0. The Labute approximate surface area is 341 Å². The van der Waals surface area contributed by atoms with E-state index in [0.29, 0.717) is 0 Å². The number of fused-ring (bicyclic) bond motifs is 4. The van der Waals surface area contributed by atoms with Crippen LogP contribution in [-0.2, 0) is 31.9 Å². The molecule has 0 aliphatic rings. The number of aromatic nitrogens is 3. The van der Waals surface area contributed by atoms with Gasteiger partial charge in [-0.15, -0.1) is 53.6 Å². The summed E-state index contributed by atoms with van der Waals surface area (Å²) in [5, 5.41) is 3.67. The quantitative estimate of drug-likeness (QED) is 0.128. The maximum absolute atomic E-state index is 6.34. The minimum Gasteiger partial charge on any atom is -0.501 e. The second kappa shape index (κ2) is 15.5. The average molecular weight is 918 g/mol. The summed E-state index contributed by atoms with van der Waals surface area (Å²) in [6, 6.07) is 44.4. The zero-order valence-electron chi connectivity index (χ0n) is 33.8. The van der Waals surface area contributed by atoms with Crippen molar-refractivity contribution in [2.24, 2.45) is 5.41 Å². The van der Waals surface area contributed by atoms with Crippen LogP contribution in [0.25, 0.3) is 61.3 Å². The molecule has 0 N–H and O–H groups in total. The van der Waals surface area contributed by atoms with Gasteiger partial charge >= 0.3 is 0 Å². The molecule has 0 aliphatic heterocycles. The van der Waals surface area contributed by atoms with E-state index in [1.165, 1.54) is 21.9 Å². The fourth-order valence-electron chi connectivity index (χ4n) is 7.30. The minimum atomic E-state index is -1.38. The van der Waals surface area contributed by atoms with Crippen molar-refractivity contribution in [3.8, 4) is 28.3 Å². The van der Waals surface area contributed by atoms with E-state index in [0.717, 1.165) is 67.7 Å². The number of para-hydroxylation sites is 4. The molecular formula is C49H51IrN3OSi-2. The summed E-state index contributed by atoms with van der Waals surface area (Å²) in [5.74, 6) is 0.840. The van der Waals surface area contributed by atoms with Crippen molar-refractivity contribution >= 4 is 46.2 Å². The van der Waals surface area contributed by atoms with E-state index >= 15 is 0 Å². The summed E-state index contributed by atoms with van der Waals surface area (Å²) < 4.78 is 8.60. The van der Waals surface area contributed by atoms with Crippen molar-refractivity contribution in [3.63, 3.8) is 0 Å². The standard InChI is InChI=1S/C29H23N2O.C20H28NSi.Ir/c1-29(2,3)22-14-5-7-16-24(22)31-25-17-8-6-15-23(25)30-28(31)21-13-10-12-20-19-11-4-9-18-26(19)32-27(20)21;1-15-8-10-16(11-9-15)18-12-17(13-20(2,3)4)19(14-21-18)22(5,6)7;/h4-12,14-18H,1-3H3;8-10,12,14H,13H2,1-7H3;/q2*-1;. The molecule has 55 heavy (non-hydrogen) atoms. The fraction of sp³-hybridized carbons (Fsp3) is 0.265. The molecule has 0 saturated heterocycles. The summed E-state index contributed by atoms with van der Waals surface area (Å²) >= 11 is 0. The monoisotopic (exact) mass is 918 g/mol. The molecule has 8 aromatic rings. The van der Waals surface area contributed by atoms with Crippen molar-refractivity contribution in [2.45, 2.75) is 79.9 Å². The maximum Gasteiger partial charge on any atom is 0.120 e. The Morgan fingerprint density at radius 1 is 0.782 bits per heavy atom. The van der Waals surface area contributed by atoms with Crippen LogP contribution in [0.4, 0.5) is 0 Å². The van der Waals surface area contributed by atoms with Crippen LogP contribution >= 0.6 is 0 Å². The Hall–Kier alpha value is -4.61. The van der Waals surface area contributed by atoms with Gasteiger partial charge in [-0.1, -0.05) is 139 Å². The van der Waals surface area contributed by atoms with Gasteiger partial charge in [0.1, 0.15) is 5.58 Å². The fourth-order valence-corrected chi connectivity index (χ4v) is 8.87. The van der Waals surface area contributed by atoms with Crippen LogP contribution in [0.1, 0.15) is 58.2 Å². The Bertz CT molecular complexity index is 2600. The normalized spacial score (nSPS) is 12.1. The first-order chi connectivity index (χ1) is 25.6. The minimum absolute atomic E-state index is 0. The van der Waals surface area contributed by atoms with Crippen LogP contribution in [0.2, 0.25) is 19.6 Å². The maximum atomic E-state index is 6.34. The van der Waals surface area contributed by atoms with Crippen molar-refractivity contribution in [2.75, 3.05) is 0 Å². The van der Waals surface area contributed by atoms with Gasteiger partial charge in [-0.25, -0.2) is 0 Å². The van der Waals surface area contributed by atoms with Gasteiger partial charge in [0.05, 0.1) is 30.5 Å². The second-order valence-corrected chi connectivity index (χ2v) is 22.8. The van der Waals surface area contributed by atoms with E-state index < -0.39 is 8.07 Å². The molecule has 283 valence electrons. The topological polar surface area (TPSA) is 43.9 Å². The van der Waals surface area contributed by atoms with Gasteiger partial charge in [-0.05, 0) is 58.0 Å². The predicted molar refractivity (Wildman–Crippen MR) is 231 cm³/mol. The van der Waals surface area contributed by atoms with Crippen molar-refractivity contribution in [3.05, 3.63) is 144 Å². The van der Waals surface area contributed by atoms with Gasteiger partial charge in [-0.2, -0.15) is 0 Å². The molecule has 0 atom stereocenters. The zero-order valence-corrected chi connectivity index (χ0v) is 37.2. The Morgan fingerprint density at radius 2 is 1.49 bits per heavy atom. The molecule has 8 rings (SSSR count). The molecule has 0 saturated carbocycles. The summed E-state index contributed by atoms with van der Waals surface area (Å²) in [6.07, 6.45) is 3.21. The third kappa shape index (κ3) is 8.48. The first kappa shape index (κ1) is 40.1. The van der Waals surface area contributed by atoms with Crippen molar-refractivity contribution in [1.29, 1.82) is 0 Å². The largest absolute Gasteiger partial charge is 0.501 e. The van der Waals surface area contributed by atoms with E-state index in [1.807, 2.05) is 36.4 Å². The molecule has 1 radical (unpaired) electrons. The van der Waals surface area contributed by atoms with E-state index in [4.69, 9.17) is 14.4 Å². The molecule has 3 aromatic heterocycles. The van der Waals surface area contributed by atoms with Gasteiger partial charge < -0.3 is 14.0 Å². The summed E-state index contributed by atoms with van der Waals surface area (Å²) in [5.41, 5.74) is 12.1. The van der Waals surface area contributed by atoms with Crippen LogP contribution in [-0.4, -0.2) is 22.6 Å². The number of furan rings is 1. The molecule has 4 nitrogen and oxygen atoms in total.